The Morgan fingerprint density at radius 1 is 1.07 bits per heavy atom. The molecule has 7 heteroatoms. The molecule has 150 valence electrons. The number of amides is 2. The lowest BCUT2D eigenvalue weighted by Gasteiger charge is -2.30. The number of nitrogens with one attached hydrogen (secondary N) is 1. The van der Waals surface area contributed by atoms with E-state index >= 15 is 0 Å². The fourth-order valence-corrected chi connectivity index (χ4v) is 3.13. The van der Waals surface area contributed by atoms with Crippen LogP contribution in [-0.4, -0.2) is 43.5 Å². The van der Waals surface area contributed by atoms with Crippen LogP contribution in [0.3, 0.4) is 0 Å². The number of hydrogen-bond donors (Lipinski definition) is 1. The van der Waals surface area contributed by atoms with Crippen molar-refractivity contribution in [2.24, 2.45) is 0 Å². The van der Waals surface area contributed by atoms with Gasteiger partial charge in [-0.3, -0.25) is 9.59 Å². The van der Waals surface area contributed by atoms with E-state index in [1.54, 1.807) is 19.1 Å². The van der Waals surface area contributed by atoms with E-state index in [4.69, 9.17) is 9.47 Å². The highest BCUT2D eigenvalue weighted by atomic mass is 127. The zero-order valence-corrected chi connectivity index (χ0v) is 18.4. The third-order valence-electron chi connectivity index (χ3n) is 4.32. The zero-order chi connectivity index (χ0) is 20.5. The Morgan fingerprint density at radius 3 is 2.21 bits per heavy atom. The third kappa shape index (κ3) is 6.12. The van der Waals surface area contributed by atoms with Crippen LogP contribution in [0.25, 0.3) is 0 Å². The van der Waals surface area contributed by atoms with Crippen LogP contribution in [0.15, 0.2) is 48.5 Å². The largest absolute Gasteiger partial charge is 0.497 e. The number of nitrogens with zero attached hydrogens (tertiary/aromatic N) is 1. The van der Waals surface area contributed by atoms with Crippen molar-refractivity contribution in [1.29, 1.82) is 0 Å². The van der Waals surface area contributed by atoms with Crippen molar-refractivity contribution in [1.82, 2.24) is 10.2 Å². The van der Waals surface area contributed by atoms with Crippen molar-refractivity contribution in [2.75, 3.05) is 20.8 Å². The maximum absolute atomic E-state index is 12.9. The first-order valence-electron chi connectivity index (χ1n) is 9.00. The number of halogens is 1. The Bertz CT molecular complexity index is 778. The second-order valence-electron chi connectivity index (χ2n) is 6.15. The van der Waals surface area contributed by atoms with Crippen molar-refractivity contribution in [3.8, 4) is 11.5 Å². The lowest BCUT2D eigenvalue weighted by molar-refractivity contribution is -0.142. The van der Waals surface area contributed by atoms with Crippen molar-refractivity contribution in [3.05, 3.63) is 57.7 Å². The van der Waals surface area contributed by atoms with E-state index in [1.807, 2.05) is 55.5 Å². The van der Waals surface area contributed by atoms with E-state index in [-0.39, 0.29) is 18.4 Å². The summed E-state index contributed by atoms with van der Waals surface area (Å²) in [6, 6.07) is 14.3. The number of hydrogen-bond acceptors (Lipinski definition) is 4. The Morgan fingerprint density at radius 2 is 1.68 bits per heavy atom. The monoisotopic (exact) mass is 496 g/mol. The SMILES string of the molecule is CCC(C(=O)NC)N(Cc1ccc(OC)cc1)C(=O)COc1ccc(I)cc1. The summed E-state index contributed by atoms with van der Waals surface area (Å²) >= 11 is 2.21. The lowest BCUT2D eigenvalue weighted by Crippen LogP contribution is -2.49. The topological polar surface area (TPSA) is 67.9 Å². The van der Waals surface area contributed by atoms with Crippen molar-refractivity contribution < 1.29 is 19.1 Å². The van der Waals surface area contributed by atoms with Gasteiger partial charge in [0.25, 0.3) is 5.91 Å². The molecule has 1 atom stereocenters. The number of benzene rings is 2. The van der Waals surface area contributed by atoms with Crippen LogP contribution in [0.2, 0.25) is 0 Å². The number of rotatable bonds is 9. The van der Waals surface area contributed by atoms with Gasteiger partial charge >= 0.3 is 0 Å². The molecule has 0 fully saturated rings. The summed E-state index contributed by atoms with van der Waals surface area (Å²) in [6.45, 7) is 2.06. The highest BCUT2D eigenvalue weighted by Gasteiger charge is 2.28. The molecule has 0 aromatic heterocycles. The van der Waals surface area contributed by atoms with Gasteiger partial charge in [-0.1, -0.05) is 19.1 Å². The predicted octanol–water partition coefficient (Wildman–Crippen LogP) is 3.23. The first-order chi connectivity index (χ1) is 13.5. The summed E-state index contributed by atoms with van der Waals surface area (Å²) in [5.74, 6) is 0.914. The molecular weight excluding hydrogens is 471 g/mol. The maximum atomic E-state index is 12.9. The van der Waals surface area contributed by atoms with Gasteiger partial charge in [0.15, 0.2) is 6.61 Å². The lowest BCUT2D eigenvalue weighted by atomic mass is 10.1. The first kappa shape index (κ1) is 22.0. The number of ether oxygens (including phenoxy) is 2. The minimum Gasteiger partial charge on any atom is -0.497 e. The van der Waals surface area contributed by atoms with Crippen molar-refractivity contribution in [3.63, 3.8) is 0 Å². The molecule has 2 rings (SSSR count). The number of likely N-dealkylation sites (N-methyl/N-ethyl adjacent to an activating group) is 1. The van der Waals surface area contributed by atoms with Gasteiger partial charge in [0, 0.05) is 17.2 Å². The van der Waals surface area contributed by atoms with Crippen LogP contribution >= 0.6 is 22.6 Å². The molecule has 0 bridgehead atoms. The van der Waals surface area contributed by atoms with E-state index < -0.39 is 6.04 Å². The van der Waals surface area contributed by atoms with Crippen LogP contribution < -0.4 is 14.8 Å². The smallest absolute Gasteiger partial charge is 0.261 e. The summed E-state index contributed by atoms with van der Waals surface area (Å²) < 4.78 is 11.9. The molecule has 0 aliphatic rings. The summed E-state index contributed by atoms with van der Waals surface area (Å²) in [5.41, 5.74) is 0.908. The fourth-order valence-electron chi connectivity index (χ4n) is 2.77. The normalized spacial score (nSPS) is 11.4. The minimum atomic E-state index is -0.570. The van der Waals surface area contributed by atoms with Crippen LogP contribution in [-0.2, 0) is 16.1 Å². The molecule has 0 spiro atoms. The van der Waals surface area contributed by atoms with E-state index in [0.29, 0.717) is 18.7 Å². The van der Waals surface area contributed by atoms with Crippen molar-refractivity contribution in [2.45, 2.75) is 25.9 Å². The highest BCUT2D eigenvalue weighted by Crippen LogP contribution is 2.17. The van der Waals surface area contributed by atoms with Crippen molar-refractivity contribution >= 4 is 34.4 Å². The molecule has 0 saturated carbocycles. The Hall–Kier alpha value is -2.29. The van der Waals surface area contributed by atoms with Crippen LogP contribution in [0, 0.1) is 3.57 Å². The van der Waals surface area contributed by atoms with Gasteiger partial charge in [-0.15, -0.1) is 0 Å². The standard InChI is InChI=1S/C21H25IN2O4/c1-4-19(21(26)23-2)24(13-15-5-9-17(27-3)10-6-15)20(25)14-28-18-11-7-16(22)8-12-18/h5-12,19H,4,13-14H2,1-3H3,(H,23,26). The average Bonchev–Trinajstić information content (AvgIpc) is 2.73. The second-order valence-corrected chi connectivity index (χ2v) is 7.40. The Kier molecular flexibility index (Phi) is 8.56. The van der Waals surface area contributed by atoms with Crippen LogP contribution in [0.4, 0.5) is 0 Å². The van der Waals surface area contributed by atoms with Gasteiger partial charge in [0.05, 0.1) is 7.11 Å². The molecule has 0 aliphatic heterocycles. The summed E-state index contributed by atoms with van der Waals surface area (Å²) in [4.78, 5) is 26.8. The van der Waals surface area contributed by atoms with Gasteiger partial charge in [-0.05, 0) is 71.0 Å². The van der Waals surface area contributed by atoms with Gasteiger partial charge in [-0.2, -0.15) is 0 Å². The number of carbonyl (C=O) groups is 2. The van der Waals surface area contributed by atoms with Crippen LogP contribution in [0.1, 0.15) is 18.9 Å². The van der Waals surface area contributed by atoms with Gasteiger partial charge < -0.3 is 19.7 Å². The van der Waals surface area contributed by atoms with Gasteiger partial charge in [0.2, 0.25) is 5.91 Å². The average molecular weight is 496 g/mol. The molecule has 6 nitrogen and oxygen atoms in total. The molecular formula is C21H25IN2O4. The fraction of sp³-hybridized carbons (Fsp3) is 0.333. The van der Waals surface area contributed by atoms with E-state index in [2.05, 4.69) is 27.9 Å². The van der Waals surface area contributed by atoms with Gasteiger partial charge in [0.1, 0.15) is 17.5 Å². The van der Waals surface area contributed by atoms with Crippen LogP contribution in [0.5, 0.6) is 11.5 Å². The Balaban J connectivity index is 2.16. The third-order valence-corrected chi connectivity index (χ3v) is 5.04. The summed E-state index contributed by atoms with van der Waals surface area (Å²) in [7, 11) is 3.18. The minimum absolute atomic E-state index is 0.135. The molecule has 2 aromatic carbocycles. The van der Waals surface area contributed by atoms with E-state index in [0.717, 1.165) is 14.9 Å². The Labute approximate surface area is 179 Å². The summed E-state index contributed by atoms with van der Waals surface area (Å²) in [5, 5.41) is 2.64. The molecule has 0 saturated heterocycles. The maximum Gasteiger partial charge on any atom is 0.261 e. The summed E-state index contributed by atoms with van der Waals surface area (Å²) in [6.07, 6.45) is 0.505. The molecule has 1 unspecified atom stereocenters. The second kappa shape index (κ2) is 10.9. The van der Waals surface area contributed by atoms with E-state index in [9.17, 15) is 9.59 Å². The molecule has 28 heavy (non-hydrogen) atoms. The zero-order valence-electron chi connectivity index (χ0n) is 16.3. The highest BCUT2D eigenvalue weighted by molar-refractivity contribution is 14.1. The molecule has 2 amide bonds. The molecule has 0 aliphatic carbocycles. The predicted molar refractivity (Wildman–Crippen MR) is 116 cm³/mol. The number of carbonyl (C=O) groups excluding carboxylic acids is 2. The van der Waals surface area contributed by atoms with Gasteiger partial charge in [-0.25, -0.2) is 0 Å². The molecule has 0 radical (unpaired) electrons. The number of methoxy groups -OCH3 is 1. The molecule has 1 N–H and O–H groups in total. The molecule has 0 heterocycles. The quantitative estimate of drug-likeness (QED) is 0.542. The molecule has 2 aromatic rings. The van der Waals surface area contributed by atoms with E-state index in [1.165, 1.54) is 0 Å². The first-order valence-corrected chi connectivity index (χ1v) is 10.1.